The van der Waals surface area contributed by atoms with Crippen molar-refractivity contribution in [2.24, 2.45) is 0 Å². The fourth-order valence-electron chi connectivity index (χ4n) is 3.74. The maximum absolute atomic E-state index is 15.0. The second kappa shape index (κ2) is 7.10. The molecular formula is C20H22FN5O2. The zero-order valence-electron chi connectivity index (χ0n) is 15.9. The largest absolute Gasteiger partial charge is 0.366 e. The van der Waals surface area contributed by atoms with E-state index in [9.17, 15) is 14.0 Å². The van der Waals surface area contributed by atoms with Gasteiger partial charge >= 0.3 is 0 Å². The van der Waals surface area contributed by atoms with Crippen molar-refractivity contribution in [1.29, 1.82) is 0 Å². The zero-order valence-corrected chi connectivity index (χ0v) is 15.9. The van der Waals surface area contributed by atoms with Crippen LogP contribution in [0.5, 0.6) is 0 Å². The number of aromatic nitrogens is 3. The average Bonchev–Trinajstić information content (AvgIpc) is 3.23. The molecule has 3 heterocycles. The number of pyridine rings is 1. The molecule has 0 aliphatic carbocycles. The van der Waals surface area contributed by atoms with E-state index in [0.29, 0.717) is 55.0 Å². The van der Waals surface area contributed by atoms with Gasteiger partial charge in [-0.1, -0.05) is 0 Å². The smallest absolute Gasteiger partial charge is 0.219 e. The lowest BCUT2D eigenvalue weighted by Crippen LogP contribution is -2.48. The van der Waals surface area contributed by atoms with E-state index in [1.165, 1.54) is 6.07 Å². The summed E-state index contributed by atoms with van der Waals surface area (Å²) in [4.78, 5) is 32.2. The summed E-state index contributed by atoms with van der Waals surface area (Å²) in [6, 6.07) is 3.08. The summed E-state index contributed by atoms with van der Waals surface area (Å²) in [5.74, 6) is -0.392. The Morgan fingerprint density at radius 2 is 1.93 bits per heavy atom. The molecule has 8 heteroatoms. The molecule has 28 heavy (non-hydrogen) atoms. The summed E-state index contributed by atoms with van der Waals surface area (Å²) in [5.41, 5.74) is 1.37. The van der Waals surface area contributed by atoms with Crippen molar-refractivity contribution < 1.29 is 9.18 Å². The second-order valence-corrected chi connectivity index (χ2v) is 6.91. The first-order chi connectivity index (χ1) is 13.5. The van der Waals surface area contributed by atoms with Crippen molar-refractivity contribution in [2.75, 3.05) is 31.1 Å². The Labute approximate surface area is 161 Å². The number of piperazine rings is 1. The van der Waals surface area contributed by atoms with Crippen LogP contribution in [0, 0.1) is 5.82 Å². The predicted molar refractivity (Wildman–Crippen MR) is 105 cm³/mol. The number of halogens is 1. The Hall–Kier alpha value is -3.16. The lowest BCUT2D eigenvalue weighted by Gasteiger charge is -2.36. The molecule has 4 rings (SSSR count). The number of aryl methyl sites for hydroxylation is 1. The SMILES string of the molecule is CCn1cc(-n2ccnc2)c(=O)c2cc(F)c(N3CCN(C(C)=O)CC3)cc21. The van der Waals surface area contributed by atoms with Gasteiger partial charge in [0.2, 0.25) is 11.3 Å². The van der Waals surface area contributed by atoms with Crippen LogP contribution in [0.4, 0.5) is 10.1 Å². The van der Waals surface area contributed by atoms with E-state index in [1.54, 1.807) is 47.4 Å². The Morgan fingerprint density at radius 3 is 2.54 bits per heavy atom. The van der Waals surface area contributed by atoms with Gasteiger partial charge in [-0.2, -0.15) is 0 Å². The molecule has 0 saturated carbocycles. The number of hydrogen-bond donors (Lipinski definition) is 0. The number of carbonyl (C=O) groups is 1. The lowest BCUT2D eigenvalue weighted by atomic mass is 10.1. The molecule has 0 unspecified atom stereocenters. The Kier molecular flexibility index (Phi) is 4.62. The summed E-state index contributed by atoms with van der Waals surface area (Å²) >= 11 is 0. The number of hydrogen-bond acceptors (Lipinski definition) is 4. The van der Waals surface area contributed by atoms with Crippen LogP contribution in [0.3, 0.4) is 0 Å². The third-order valence-electron chi connectivity index (χ3n) is 5.32. The Bertz CT molecular complexity index is 1080. The predicted octanol–water partition coefficient (Wildman–Crippen LogP) is 2.01. The summed E-state index contributed by atoms with van der Waals surface area (Å²) in [5, 5.41) is 0.344. The van der Waals surface area contributed by atoms with Gasteiger partial charge in [-0.3, -0.25) is 9.59 Å². The Balaban J connectivity index is 1.80. The molecule has 7 nitrogen and oxygen atoms in total. The van der Waals surface area contributed by atoms with Gasteiger partial charge in [-0.05, 0) is 19.1 Å². The molecule has 0 bridgehead atoms. The third-order valence-corrected chi connectivity index (χ3v) is 5.32. The lowest BCUT2D eigenvalue weighted by molar-refractivity contribution is -0.129. The first kappa shape index (κ1) is 18.2. The highest BCUT2D eigenvalue weighted by Gasteiger charge is 2.22. The summed E-state index contributed by atoms with van der Waals surface area (Å²) in [7, 11) is 0. The minimum Gasteiger partial charge on any atom is -0.366 e. The van der Waals surface area contributed by atoms with Gasteiger partial charge in [0.15, 0.2) is 0 Å². The van der Waals surface area contributed by atoms with Crippen LogP contribution in [-0.4, -0.2) is 51.1 Å². The van der Waals surface area contributed by atoms with E-state index in [2.05, 4.69) is 4.98 Å². The number of nitrogens with zero attached hydrogens (tertiary/aromatic N) is 5. The van der Waals surface area contributed by atoms with E-state index < -0.39 is 5.82 Å². The third kappa shape index (κ3) is 3.04. The molecule has 1 aliphatic rings. The van der Waals surface area contributed by atoms with Crippen LogP contribution in [0.2, 0.25) is 0 Å². The standard InChI is InChI=1S/C20H22FN5O2/c1-3-23-12-19(26-5-4-22-13-26)20(28)15-10-16(21)18(11-17(15)23)25-8-6-24(7-9-25)14(2)27/h4-5,10-13H,3,6-9H2,1-2H3. The summed E-state index contributed by atoms with van der Waals surface area (Å²) in [6.45, 7) is 6.42. The summed E-state index contributed by atoms with van der Waals surface area (Å²) < 4.78 is 18.5. The van der Waals surface area contributed by atoms with Crippen molar-refractivity contribution >= 4 is 22.5 Å². The highest BCUT2D eigenvalue weighted by Crippen LogP contribution is 2.26. The minimum absolute atomic E-state index is 0.0329. The van der Waals surface area contributed by atoms with Crippen LogP contribution in [0.25, 0.3) is 16.6 Å². The van der Waals surface area contributed by atoms with E-state index in [1.807, 2.05) is 16.4 Å². The molecular weight excluding hydrogens is 361 g/mol. The molecule has 1 fully saturated rings. The number of imidazole rings is 1. The number of anilines is 1. The molecule has 1 amide bonds. The van der Waals surface area contributed by atoms with Gasteiger partial charge in [0.05, 0.1) is 22.9 Å². The molecule has 0 spiro atoms. The minimum atomic E-state index is -0.425. The second-order valence-electron chi connectivity index (χ2n) is 6.91. The molecule has 0 atom stereocenters. The van der Waals surface area contributed by atoms with Crippen molar-refractivity contribution in [1.82, 2.24) is 19.0 Å². The highest BCUT2D eigenvalue weighted by molar-refractivity contribution is 5.85. The first-order valence-electron chi connectivity index (χ1n) is 9.35. The van der Waals surface area contributed by atoms with Gasteiger partial charge in [0.1, 0.15) is 11.5 Å². The Morgan fingerprint density at radius 1 is 1.18 bits per heavy atom. The number of carbonyl (C=O) groups excluding carboxylic acids is 1. The van der Waals surface area contributed by atoms with Crippen LogP contribution < -0.4 is 10.3 Å². The topological polar surface area (TPSA) is 63.4 Å². The normalized spacial score (nSPS) is 14.7. The molecule has 146 valence electrons. The quantitative estimate of drug-likeness (QED) is 0.694. The monoisotopic (exact) mass is 383 g/mol. The van der Waals surface area contributed by atoms with Gasteiger partial charge in [0.25, 0.3) is 0 Å². The number of amides is 1. The molecule has 0 radical (unpaired) electrons. The number of rotatable bonds is 3. The maximum atomic E-state index is 15.0. The first-order valence-corrected chi connectivity index (χ1v) is 9.35. The van der Waals surface area contributed by atoms with Crippen molar-refractivity contribution in [3.8, 4) is 5.69 Å². The fourth-order valence-corrected chi connectivity index (χ4v) is 3.74. The van der Waals surface area contributed by atoms with E-state index in [0.717, 1.165) is 0 Å². The maximum Gasteiger partial charge on any atom is 0.219 e. The molecule has 1 aliphatic heterocycles. The highest BCUT2D eigenvalue weighted by atomic mass is 19.1. The number of fused-ring (bicyclic) bond motifs is 1. The van der Waals surface area contributed by atoms with Gasteiger partial charge in [-0.25, -0.2) is 9.37 Å². The molecule has 2 aromatic heterocycles. The van der Waals surface area contributed by atoms with Crippen LogP contribution in [-0.2, 0) is 11.3 Å². The van der Waals surface area contributed by atoms with E-state index in [4.69, 9.17) is 0 Å². The molecule has 1 saturated heterocycles. The zero-order chi connectivity index (χ0) is 19.8. The average molecular weight is 383 g/mol. The van der Waals surface area contributed by atoms with Gasteiger partial charge in [-0.15, -0.1) is 0 Å². The van der Waals surface area contributed by atoms with Crippen molar-refractivity contribution in [2.45, 2.75) is 20.4 Å². The fraction of sp³-hybridized carbons (Fsp3) is 0.350. The van der Waals surface area contributed by atoms with Crippen molar-refractivity contribution in [3.63, 3.8) is 0 Å². The van der Waals surface area contributed by atoms with Crippen LogP contribution in [0.1, 0.15) is 13.8 Å². The van der Waals surface area contributed by atoms with Gasteiger partial charge in [0, 0.05) is 58.2 Å². The molecule has 1 aromatic carbocycles. The molecule has 3 aromatic rings. The van der Waals surface area contributed by atoms with Crippen molar-refractivity contribution in [3.05, 3.63) is 53.1 Å². The van der Waals surface area contributed by atoms with Crippen LogP contribution in [0.15, 0.2) is 41.8 Å². The van der Waals surface area contributed by atoms with E-state index >= 15 is 0 Å². The van der Waals surface area contributed by atoms with Crippen LogP contribution >= 0.6 is 0 Å². The molecule has 0 N–H and O–H groups in total. The summed E-state index contributed by atoms with van der Waals surface area (Å²) in [6.07, 6.45) is 6.63. The van der Waals surface area contributed by atoms with Gasteiger partial charge < -0.3 is 18.9 Å². The van der Waals surface area contributed by atoms with E-state index in [-0.39, 0.29) is 11.3 Å². The number of benzene rings is 1.